The number of hydrogen-bond donors (Lipinski definition) is 3. The van der Waals surface area contributed by atoms with E-state index in [1.165, 1.54) is 10.7 Å². The molecule has 5 N–H and O–H groups in total. The highest BCUT2D eigenvalue weighted by Gasteiger charge is 2.37. The quantitative estimate of drug-likeness (QED) is 0.313. The van der Waals surface area contributed by atoms with Gasteiger partial charge in [0.15, 0.2) is 0 Å². The Hall–Kier alpha value is -3.00. The van der Waals surface area contributed by atoms with Crippen LogP contribution < -0.4 is 22.6 Å². The molecule has 4 rings (SSSR count). The van der Waals surface area contributed by atoms with E-state index in [4.69, 9.17) is 23.2 Å². The number of benzene rings is 2. The van der Waals surface area contributed by atoms with Crippen molar-refractivity contribution in [2.24, 2.45) is 11.6 Å². The predicted octanol–water partition coefficient (Wildman–Crippen LogP) is 3.18. The van der Waals surface area contributed by atoms with Crippen molar-refractivity contribution < 1.29 is 4.79 Å². The van der Waals surface area contributed by atoms with E-state index in [1.807, 2.05) is 48.5 Å². The van der Waals surface area contributed by atoms with Crippen LogP contribution in [0.15, 0.2) is 65.5 Å². The van der Waals surface area contributed by atoms with Crippen LogP contribution in [0, 0.1) is 0 Å². The molecule has 1 aliphatic carbocycles. The van der Waals surface area contributed by atoms with E-state index in [0.29, 0.717) is 30.1 Å². The van der Waals surface area contributed by atoms with Gasteiger partial charge in [-0.1, -0.05) is 54.1 Å². The van der Waals surface area contributed by atoms with Crippen LogP contribution in [0.5, 0.6) is 0 Å². The molecule has 1 heterocycles. The number of hydrazine groups is 1. The van der Waals surface area contributed by atoms with E-state index in [-0.39, 0.29) is 17.0 Å². The third kappa shape index (κ3) is 4.19. The molecule has 8 heteroatoms. The van der Waals surface area contributed by atoms with Crippen LogP contribution in [0.4, 0.5) is 0 Å². The molecule has 0 unspecified atom stereocenters. The maximum absolute atomic E-state index is 13.1. The highest BCUT2D eigenvalue weighted by molar-refractivity contribution is 6.30. The lowest BCUT2D eigenvalue weighted by molar-refractivity contribution is 0.0950. The SMILES string of the molecule is NCC1(c2cccc(Cl)c2)CCC(n2nc(-c3ccccc3)cc(C(=O)NN)c2=O)CC1. The van der Waals surface area contributed by atoms with Crippen molar-refractivity contribution in [3.05, 3.63) is 87.2 Å². The van der Waals surface area contributed by atoms with Crippen LogP contribution in [-0.4, -0.2) is 22.2 Å². The third-order valence-electron chi connectivity index (χ3n) is 6.47. The Morgan fingerprint density at radius 3 is 2.47 bits per heavy atom. The molecule has 0 atom stereocenters. The average molecular weight is 452 g/mol. The van der Waals surface area contributed by atoms with E-state index in [2.05, 4.69) is 16.6 Å². The minimum Gasteiger partial charge on any atom is -0.330 e. The van der Waals surface area contributed by atoms with Crippen molar-refractivity contribution in [3.63, 3.8) is 0 Å². The number of nitrogens with zero attached hydrogens (tertiary/aromatic N) is 2. The van der Waals surface area contributed by atoms with Gasteiger partial charge >= 0.3 is 0 Å². The number of hydrogen-bond acceptors (Lipinski definition) is 5. The lowest BCUT2D eigenvalue weighted by Gasteiger charge is -2.40. The van der Waals surface area contributed by atoms with Crippen LogP contribution >= 0.6 is 11.6 Å². The molecule has 1 aliphatic rings. The van der Waals surface area contributed by atoms with Crippen molar-refractivity contribution in [1.82, 2.24) is 15.2 Å². The predicted molar refractivity (Wildman–Crippen MR) is 125 cm³/mol. The first-order chi connectivity index (χ1) is 15.5. The van der Waals surface area contributed by atoms with E-state index >= 15 is 0 Å². The van der Waals surface area contributed by atoms with Crippen LogP contribution in [0.2, 0.25) is 5.02 Å². The Bertz CT molecular complexity index is 1170. The maximum Gasteiger partial charge on any atom is 0.279 e. The van der Waals surface area contributed by atoms with Crippen LogP contribution in [-0.2, 0) is 5.41 Å². The van der Waals surface area contributed by atoms with E-state index in [9.17, 15) is 9.59 Å². The zero-order valence-electron chi connectivity index (χ0n) is 17.6. The van der Waals surface area contributed by atoms with Gasteiger partial charge in [-0.3, -0.25) is 15.0 Å². The molecule has 1 fully saturated rings. The van der Waals surface area contributed by atoms with Gasteiger partial charge in [0.05, 0.1) is 11.7 Å². The normalized spacial score (nSPS) is 20.7. The summed E-state index contributed by atoms with van der Waals surface area (Å²) in [5.41, 5.74) is 10.1. The van der Waals surface area contributed by atoms with Crippen molar-refractivity contribution >= 4 is 17.5 Å². The van der Waals surface area contributed by atoms with Crippen LogP contribution in [0.3, 0.4) is 0 Å². The molecular formula is C24H26ClN5O2. The number of nitrogens with two attached hydrogens (primary N) is 2. The summed E-state index contributed by atoms with van der Waals surface area (Å²) in [7, 11) is 0. The summed E-state index contributed by atoms with van der Waals surface area (Å²) in [6, 6.07) is 18.6. The summed E-state index contributed by atoms with van der Waals surface area (Å²) < 4.78 is 1.45. The minimum absolute atomic E-state index is 0.0214. The van der Waals surface area contributed by atoms with Gasteiger partial charge in [0.1, 0.15) is 5.56 Å². The fraction of sp³-hybridized carbons (Fsp3) is 0.292. The smallest absolute Gasteiger partial charge is 0.279 e. The Kier molecular flexibility index (Phi) is 6.41. The Morgan fingerprint density at radius 2 is 1.84 bits per heavy atom. The number of nitrogens with one attached hydrogen (secondary N) is 1. The Morgan fingerprint density at radius 1 is 1.12 bits per heavy atom. The van der Waals surface area contributed by atoms with Gasteiger partial charge in [0, 0.05) is 22.5 Å². The molecule has 0 bridgehead atoms. The van der Waals surface area contributed by atoms with E-state index in [0.717, 1.165) is 24.0 Å². The zero-order valence-corrected chi connectivity index (χ0v) is 18.4. The standard InChI is InChI=1S/C24H26ClN5O2/c25-18-8-4-7-17(13-18)24(15-26)11-9-19(10-12-24)30-23(32)20(22(31)28-27)14-21(29-30)16-5-2-1-3-6-16/h1-8,13-14,19H,9-12,15,26-27H2,(H,28,31). The van der Waals surface area contributed by atoms with Gasteiger partial charge in [-0.25, -0.2) is 10.5 Å². The Balaban J connectivity index is 1.70. The number of carbonyl (C=O) groups is 1. The van der Waals surface area contributed by atoms with E-state index < -0.39 is 11.5 Å². The molecule has 7 nitrogen and oxygen atoms in total. The second kappa shape index (κ2) is 9.24. The maximum atomic E-state index is 13.1. The fourth-order valence-corrected chi connectivity index (χ4v) is 4.77. The average Bonchev–Trinajstić information content (AvgIpc) is 2.84. The van der Waals surface area contributed by atoms with Gasteiger partial charge in [0.2, 0.25) is 0 Å². The fourth-order valence-electron chi connectivity index (χ4n) is 4.58. The highest BCUT2D eigenvalue weighted by atomic mass is 35.5. The highest BCUT2D eigenvalue weighted by Crippen LogP contribution is 2.42. The summed E-state index contributed by atoms with van der Waals surface area (Å²) in [5.74, 6) is 4.70. The zero-order chi connectivity index (χ0) is 22.7. The minimum atomic E-state index is -0.630. The van der Waals surface area contributed by atoms with Gasteiger partial charge in [-0.2, -0.15) is 5.10 Å². The van der Waals surface area contributed by atoms with Gasteiger partial charge in [-0.05, 0) is 49.4 Å². The lowest BCUT2D eigenvalue weighted by Crippen LogP contribution is -2.43. The number of rotatable bonds is 5. The monoisotopic (exact) mass is 451 g/mol. The first kappa shape index (κ1) is 22.2. The second-order valence-corrected chi connectivity index (χ2v) is 8.69. The third-order valence-corrected chi connectivity index (χ3v) is 6.70. The molecule has 32 heavy (non-hydrogen) atoms. The number of nitrogen functional groups attached to an aromatic ring is 1. The topological polar surface area (TPSA) is 116 Å². The number of halogens is 1. The molecule has 1 saturated carbocycles. The molecule has 2 aromatic carbocycles. The number of carbonyl (C=O) groups excluding carboxylic acids is 1. The van der Waals surface area contributed by atoms with Gasteiger partial charge in [0.25, 0.3) is 11.5 Å². The van der Waals surface area contributed by atoms with Crippen molar-refractivity contribution in [1.29, 1.82) is 0 Å². The molecule has 0 spiro atoms. The molecule has 0 radical (unpaired) electrons. The molecule has 0 saturated heterocycles. The summed E-state index contributed by atoms with van der Waals surface area (Å²) >= 11 is 6.22. The number of aromatic nitrogens is 2. The van der Waals surface area contributed by atoms with Gasteiger partial charge in [-0.15, -0.1) is 0 Å². The lowest BCUT2D eigenvalue weighted by atomic mass is 9.68. The molecular weight excluding hydrogens is 426 g/mol. The number of amides is 1. The summed E-state index contributed by atoms with van der Waals surface area (Å²) in [6.45, 7) is 0.493. The van der Waals surface area contributed by atoms with Crippen LogP contribution in [0.25, 0.3) is 11.3 Å². The summed E-state index contributed by atoms with van der Waals surface area (Å²) in [4.78, 5) is 25.5. The van der Waals surface area contributed by atoms with E-state index in [1.54, 1.807) is 0 Å². The largest absolute Gasteiger partial charge is 0.330 e. The first-order valence-electron chi connectivity index (χ1n) is 10.6. The Labute approximate surface area is 191 Å². The van der Waals surface area contributed by atoms with Crippen molar-refractivity contribution in [2.45, 2.75) is 37.1 Å². The van der Waals surface area contributed by atoms with Gasteiger partial charge < -0.3 is 5.73 Å². The molecule has 0 aliphatic heterocycles. The molecule has 1 aromatic heterocycles. The van der Waals surface area contributed by atoms with Crippen molar-refractivity contribution in [2.75, 3.05) is 6.54 Å². The van der Waals surface area contributed by atoms with Crippen LogP contribution in [0.1, 0.15) is 47.6 Å². The molecule has 1 amide bonds. The second-order valence-electron chi connectivity index (χ2n) is 8.26. The summed E-state index contributed by atoms with van der Waals surface area (Å²) in [5, 5.41) is 5.32. The van der Waals surface area contributed by atoms with Crippen molar-refractivity contribution in [3.8, 4) is 11.3 Å². The summed E-state index contributed by atoms with van der Waals surface area (Å²) in [6.07, 6.45) is 2.99. The first-order valence-corrected chi connectivity index (χ1v) is 11.0. The molecule has 3 aromatic rings. The molecule has 166 valence electrons.